The van der Waals surface area contributed by atoms with Crippen LogP contribution in [0, 0.1) is 17.0 Å². The van der Waals surface area contributed by atoms with Crippen LogP contribution in [-0.2, 0) is 6.54 Å². The van der Waals surface area contributed by atoms with Crippen LogP contribution >= 0.6 is 0 Å². The zero-order valence-corrected chi connectivity index (χ0v) is 9.98. The first-order chi connectivity index (χ1) is 8.66. The molecule has 7 nitrogen and oxygen atoms in total. The molecule has 0 radical (unpaired) electrons. The van der Waals surface area contributed by atoms with E-state index in [0.717, 1.165) is 25.2 Å². The van der Waals surface area contributed by atoms with Crippen LogP contribution in [0.1, 0.15) is 30.4 Å². The van der Waals surface area contributed by atoms with Gasteiger partial charge in [0.15, 0.2) is 0 Å². The second-order valence-corrected chi connectivity index (χ2v) is 4.47. The molecule has 0 amide bonds. The number of aryl methyl sites for hydroxylation is 2. The zero-order valence-electron chi connectivity index (χ0n) is 9.98. The van der Waals surface area contributed by atoms with Crippen LogP contribution in [0.2, 0.25) is 0 Å². The first-order valence-corrected chi connectivity index (χ1v) is 5.88. The zero-order chi connectivity index (χ0) is 12.7. The fourth-order valence-corrected chi connectivity index (χ4v) is 2.45. The minimum atomic E-state index is -0.395. The van der Waals surface area contributed by atoms with E-state index in [0.29, 0.717) is 5.69 Å². The van der Waals surface area contributed by atoms with Gasteiger partial charge >= 0.3 is 5.69 Å². The van der Waals surface area contributed by atoms with Crippen LogP contribution in [0.4, 0.5) is 5.69 Å². The Kier molecular flexibility index (Phi) is 2.39. The van der Waals surface area contributed by atoms with E-state index >= 15 is 0 Å². The number of nitro groups is 1. The summed E-state index contributed by atoms with van der Waals surface area (Å²) in [4.78, 5) is 14.8. The van der Waals surface area contributed by atoms with Crippen LogP contribution in [0.15, 0.2) is 18.6 Å². The third kappa shape index (κ3) is 1.59. The molecule has 0 N–H and O–H groups in total. The van der Waals surface area contributed by atoms with E-state index in [-0.39, 0.29) is 11.7 Å². The minimum Gasteiger partial charge on any atom is -0.333 e. The summed E-state index contributed by atoms with van der Waals surface area (Å²) in [6, 6.07) is 0.00106. The predicted molar refractivity (Wildman–Crippen MR) is 63.2 cm³/mol. The fourth-order valence-electron chi connectivity index (χ4n) is 2.45. The molecule has 3 rings (SSSR count). The molecule has 0 spiro atoms. The summed E-state index contributed by atoms with van der Waals surface area (Å²) in [6.07, 6.45) is 7.14. The van der Waals surface area contributed by atoms with Gasteiger partial charge in [-0.3, -0.25) is 14.8 Å². The molecule has 0 aliphatic carbocycles. The molecule has 0 saturated heterocycles. The number of fused-ring (bicyclic) bond motifs is 1. The van der Waals surface area contributed by atoms with Gasteiger partial charge in [0.05, 0.1) is 4.92 Å². The lowest BCUT2D eigenvalue weighted by Crippen LogP contribution is -2.22. The monoisotopic (exact) mass is 247 g/mol. The van der Waals surface area contributed by atoms with Gasteiger partial charge in [0.25, 0.3) is 0 Å². The SMILES string of the molecule is Cc1nn(C2CCCn3ccnc32)cc1[N+](=O)[O-]. The molecule has 94 valence electrons. The van der Waals surface area contributed by atoms with Gasteiger partial charge in [-0.25, -0.2) is 4.98 Å². The molecule has 0 fully saturated rings. The Hall–Kier alpha value is -2.18. The van der Waals surface area contributed by atoms with Crippen LogP contribution in [0.3, 0.4) is 0 Å². The van der Waals surface area contributed by atoms with Crippen molar-refractivity contribution in [2.24, 2.45) is 0 Å². The van der Waals surface area contributed by atoms with Crippen LogP contribution in [0.25, 0.3) is 0 Å². The number of hydrogen-bond acceptors (Lipinski definition) is 4. The van der Waals surface area contributed by atoms with Gasteiger partial charge < -0.3 is 4.57 Å². The first kappa shape index (κ1) is 10.9. The van der Waals surface area contributed by atoms with E-state index < -0.39 is 4.92 Å². The van der Waals surface area contributed by atoms with Gasteiger partial charge in [-0.1, -0.05) is 0 Å². The number of imidazole rings is 1. The summed E-state index contributed by atoms with van der Waals surface area (Å²) in [5.41, 5.74) is 0.516. The molecule has 1 aliphatic rings. The lowest BCUT2D eigenvalue weighted by Gasteiger charge is -2.23. The second-order valence-electron chi connectivity index (χ2n) is 4.47. The number of hydrogen-bond donors (Lipinski definition) is 0. The van der Waals surface area contributed by atoms with Gasteiger partial charge in [0, 0.05) is 18.9 Å². The van der Waals surface area contributed by atoms with Crippen LogP contribution in [-0.4, -0.2) is 24.3 Å². The highest BCUT2D eigenvalue weighted by atomic mass is 16.6. The summed E-state index contributed by atoms with van der Waals surface area (Å²) in [5.74, 6) is 0.929. The largest absolute Gasteiger partial charge is 0.333 e. The Morgan fingerprint density at radius 3 is 3.11 bits per heavy atom. The molecule has 1 aliphatic heterocycles. The Bertz CT molecular complexity index is 600. The standard InChI is InChI=1S/C11H13N5O2/c1-8-10(16(17)18)7-15(13-8)9-3-2-5-14-6-4-12-11(9)14/h4,6-7,9H,2-3,5H2,1H3. The Labute approximate surface area is 103 Å². The van der Waals surface area contributed by atoms with E-state index in [9.17, 15) is 10.1 Å². The van der Waals surface area contributed by atoms with E-state index in [1.54, 1.807) is 17.8 Å². The van der Waals surface area contributed by atoms with Gasteiger partial charge in [-0.05, 0) is 19.8 Å². The molecule has 3 heterocycles. The number of aromatic nitrogens is 4. The van der Waals surface area contributed by atoms with Crippen LogP contribution < -0.4 is 0 Å². The van der Waals surface area contributed by atoms with E-state index in [2.05, 4.69) is 14.6 Å². The molecule has 2 aromatic heterocycles. The van der Waals surface area contributed by atoms with Gasteiger partial charge in [-0.15, -0.1) is 0 Å². The van der Waals surface area contributed by atoms with E-state index in [1.165, 1.54) is 6.20 Å². The Balaban J connectivity index is 2.02. The van der Waals surface area contributed by atoms with Crippen LogP contribution in [0.5, 0.6) is 0 Å². The molecule has 2 aromatic rings. The minimum absolute atomic E-state index is 0.00106. The highest BCUT2D eigenvalue weighted by molar-refractivity contribution is 5.31. The van der Waals surface area contributed by atoms with Crippen molar-refractivity contribution in [3.8, 4) is 0 Å². The molecule has 0 saturated carbocycles. The maximum atomic E-state index is 10.8. The molecule has 1 atom stereocenters. The van der Waals surface area contributed by atoms with Crippen molar-refractivity contribution < 1.29 is 4.92 Å². The van der Waals surface area contributed by atoms with E-state index in [4.69, 9.17) is 0 Å². The fraction of sp³-hybridized carbons (Fsp3) is 0.455. The second kappa shape index (κ2) is 3.94. The number of nitrogens with zero attached hydrogens (tertiary/aromatic N) is 5. The summed E-state index contributed by atoms with van der Waals surface area (Å²) >= 11 is 0. The van der Waals surface area contributed by atoms with E-state index in [1.807, 2.05) is 6.20 Å². The average molecular weight is 247 g/mol. The molecule has 7 heteroatoms. The lowest BCUT2D eigenvalue weighted by molar-refractivity contribution is -0.385. The van der Waals surface area contributed by atoms with Gasteiger partial charge in [0.2, 0.25) is 0 Å². The van der Waals surface area contributed by atoms with Crippen molar-refractivity contribution in [2.45, 2.75) is 32.4 Å². The third-order valence-electron chi connectivity index (χ3n) is 3.33. The average Bonchev–Trinajstić information content (AvgIpc) is 2.94. The summed E-state index contributed by atoms with van der Waals surface area (Å²) in [7, 11) is 0. The Morgan fingerprint density at radius 2 is 2.39 bits per heavy atom. The molecule has 18 heavy (non-hydrogen) atoms. The van der Waals surface area contributed by atoms with Gasteiger partial charge in [-0.2, -0.15) is 5.10 Å². The highest BCUT2D eigenvalue weighted by Gasteiger charge is 2.26. The topological polar surface area (TPSA) is 78.8 Å². The summed E-state index contributed by atoms with van der Waals surface area (Å²) in [6.45, 7) is 2.61. The maximum absolute atomic E-state index is 10.8. The van der Waals surface area contributed by atoms with Crippen molar-refractivity contribution in [1.82, 2.24) is 19.3 Å². The van der Waals surface area contributed by atoms with Crippen molar-refractivity contribution >= 4 is 5.69 Å². The van der Waals surface area contributed by atoms with Gasteiger partial charge in [0.1, 0.15) is 23.8 Å². The maximum Gasteiger partial charge on any atom is 0.309 e. The lowest BCUT2D eigenvalue weighted by atomic mass is 10.1. The quantitative estimate of drug-likeness (QED) is 0.597. The van der Waals surface area contributed by atoms with Crippen molar-refractivity contribution in [1.29, 1.82) is 0 Å². The first-order valence-electron chi connectivity index (χ1n) is 5.88. The van der Waals surface area contributed by atoms with Crippen molar-refractivity contribution in [2.75, 3.05) is 0 Å². The molecular formula is C11H13N5O2. The molecular weight excluding hydrogens is 234 g/mol. The van der Waals surface area contributed by atoms with Crippen molar-refractivity contribution in [3.05, 3.63) is 40.2 Å². The smallest absolute Gasteiger partial charge is 0.309 e. The normalized spacial score (nSPS) is 18.6. The number of rotatable bonds is 2. The Morgan fingerprint density at radius 1 is 1.56 bits per heavy atom. The molecule has 1 unspecified atom stereocenters. The summed E-state index contributed by atoms with van der Waals surface area (Å²) < 4.78 is 3.75. The third-order valence-corrected chi connectivity index (χ3v) is 3.33. The molecule has 0 aromatic carbocycles. The summed E-state index contributed by atoms with van der Waals surface area (Å²) in [5, 5.41) is 15.1. The van der Waals surface area contributed by atoms with Crippen molar-refractivity contribution in [3.63, 3.8) is 0 Å². The highest BCUT2D eigenvalue weighted by Crippen LogP contribution is 2.29. The predicted octanol–water partition coefficient (Wildman–Crippen LogP) is 1.68. The molecule has 0 bridgehead atoms.